The largest absolute Gasteiger partial charge is 0.356 e. The number of amides is 2. The third kappa shape index (κ3) is 7.95. The second kappa shape index (κ2) is 11.9. The predicted molar refractivity (Wildman–Crippen MR) is 119 cm³/mol. The topological polar surface area (TPSA) is 85.8 Å². The van der Waals surface area contributed by atoms with Crippen molar-refractivity contribution in [2.24, 2.45) is 4.99 Å². The van der Waals surface area contributed by atoms with Crippen LogP contribution in [0.3, 0.4) is 0 Å². The van der Waals surface area contributed by atoms with E-state index in [1.165, 1.54) is 9.78 Å². The van der Waals surface area contributed by atoms with Crippen molar-refractivity contribution >= 4 is 29.1 Å². The van der Waals surface area contributed by atoms with Crippen molar-refractivity contribution < 1.29 is 9.59 Å². The van der Waals surface area contributed by atoms with Crippen molar-refractivity contribution in [2.75, 3.05) is 40.8 Å². The number of thiophene rings is 1. The number of hydrogen-bond donors (Lipinski definition) is 3. The van der Waals surface area contributed by atoms with E-state index in [1.54, 1.807) is 38.5 Å². The molecule has 0 aliphatic heterocycles. The molecule has 29 heavy (non-hydrogen) atoms. The van der Waals surface area contributed by atoms with E-state index in [9.17, 15) is 9.59 Å². The van der Waals surface area contributed by atoms with Crippen molar-refractivity contribution in [1.82, 2.24) is 20.9 Å². The van der Waals surface area contributed by atoms with Gasteiger partial charge in [0, 0.05) is 44.7 Å². The van der Waals surface area contributed by atoms with Crippen molar-refractivity contribution in [3.63, 3.8) is 0 Å². The summed E-state index contributed by atoms with van der Waals surface area (Å²) in [7, 11) is 5.05. The Hall–Kier alpha value is -2.87. The number of carbonyl (C=O) groups is 2. The van der Waals surface area contributed by atoms with Gasteiger partial charge in [-0.2, -0.15) is 0 Å². The first kappa shape index (κ1) is 22.4. The van der Waals surface area contributed by atoms with E-state index in [4.69, 9.17) is 0 Å². The Morgan fingerprint density at radius 2 is 1.83 bits per heavy atom. The zero-order chi connectivity index (χ0) is 21.1. The minimum Gasteiger partial charge on any atom is -0.356 e. The molecule has 0 radical (unpaired) electrons. The van der Waals surface area contributed by atoms with E-state index in [0.717, 1.165) is 24.9 Å². The number of aliphatic imine (C=N–C) groups is 1. The average Bonchev–Trinajstić information content (AvgIpc) is 3.24. The first-order chi connectivity index (χ1) is 14.0. The van der Waals surface area contributed by atoms with Gasteiger partial charge >= 0.3 is 0 Å². The van der Waals surface area contributed by atoms with E-state index in [-0.39, 0.29) is 18.4 Å². The molecule has 0 aliphatic carbocycles. The van der Waals surface area contributed by atoms with Gasteiger partial charge in [0.1, 0.15) is 6.54 Å². The summed E-state index contributed by atoms with van der Waals surface area (Å²) in [6.45, 7) is 1.46. The molecule has 0 bridgehead atoms. The Morgan fingerprint density at radius 1 is 1.07 bits per heavy atom. The summed E-state index contributed by atoms with van der Waals surface area (Å²) in [6, 6.07) is 11.7. The quantitative estimate of drug-likeness (QED) is 0.428. The molecule has 0 saturated heterocycles. The third-order valence-electron chi connectivity index (χ3n) is 4.24. The highest BCUT2D eigenvalue weighted by Gasteiger charge is 2.06. The molecule has 0 unspecified atom stereocenters. The maximum absolute atomic E-state index is 11.9. The first-order valence-electron chi connectivity index (χ1n) is 9.55. The maximum atomic E-state index is 11.9. The van der Waals surface area contributed by atoms with E-state index in [1.807, 2.05) is 24.3 Å². The highest BCUT2D eigenvalue weighted by atomic mass is 32.1. The lowest BCUT2D eigenvalue weighted by atomic mass is 10.1. The molecule has 3 N–H and O–H groups in total. The van der Waals surface area contributed by atoms with Crippen molar-refractivity contribution in [2.45, 2.75) is 12.8 Å². The smallest absolute Gasteiger partial charge is 0.251 e. The van der Waals surface area contributed by atoms with Crippen LogP contribution in [-0.4, -0.2) is 63.5 Å². The van der Waals surface area contributed by atoms with Crippen LogP contribution in [0.1, 0.15) is 20.8 Å². The zero-order valence-corrected chi connectivity index (χ0v) is 18.0. The molecule has 7 nitrogen and oxygen atoms in total. The normalized spacial score (nSPS) is 11.1. The molecule has 0 spiro atoms. The van der Waals surface area contributed by atoms with Crippen LogP contribution in [0.4, 0.5) is 0 Å². The number of guanidine groups is 1. The number of hydrogen-bond acceptors (Lipinski definition) is 4. The molecular weight excluding hydrogens is 386 g/mol. The lowest BCUT2D eigenvalue weighted by Crippen LogP contribution is -2.40. The van der Waals surface area contributed by atoms with Crippen LogP contribution >= 0.6 is 11.3 Å². The van der Waals surface area contributed by atoms with Crippen LogP contribution in [0.2, 0.25) is 0 Å². The number of nitrogens with zero attached hydrogens (tertiary/aromatic N) is 2. The Morgan fingerprint density at radius 3 is 2.48 bits per heavy atom. The average molecular weight is 416 g/mol. The summed E-state index contributed by atoms with van der Waals surface area (Å²) in [5, 5.41) is 11.3. The van der Waals surface area contributed by atoms with Gasteiger partial charge in [0.15, 0.2) is 5.96 Å². The number of likely N-dealkylation sites (N-methyl/N-ethyl adjacent to an activating group) is 1. The molecule has 0 fully saturated rings. The third-order valence-corrected chi connectivity index (χ3v) is 5.17. The van der Waals surface area contributed by atoms with E-state index >= 15 is 0 Å². The summed E-state index contributed by atoms with van der Waals surface area (Å²) in [4.78, 5) is 30.9. The Bertz CT molecular complexity index is 818. The van der Waals surface area contributed by atoms with Crippen LogP contribution in [0.15, 0.2) is 46.8 Å². The molecule has 1 aromatic heterocycles. The first-order valence-corrected chi connectivity index (χ1v) is 10.4. The number of nitrogens with one attached hydrogen (secondary N) is 3. The molecule has 2 amide bonds. The van der Waals surface area contributed by atoms with Crippen molar-refractivity contribution in [3.8, 4) is 0 Å². The second-order valence-electron chi connectivity index (χ2n) is 6.67. The van der Waals surface area contributed by atoms with Crippen molar-refractivity contribution in [3.05, 3.63) is 57.8 Å². The fraction of sp³-hybridized carbons (Fsp3) is 0.381. The van der Waals surface area contributed by atoms with Gasteiger partial charge in [-0.1, -0.05) is 18.2 Å². The minimum absolute atomic E-state index is 0.0531. The molecule has 8 heteroatoms. The van der Waals surface area contributed by atoms with Gasteiger partial charge in [-0.15, -0.1) is 11.3 Å². The van der Waals surface area contributed by atoms with Crippen molar-refractivity contribution in [1.29, 1.82) is 0 Å². The fourth-order valence-corrected chi connectivity index (χ4v) is 3.27. The van der Waals surface area contributed by atoms with Gasteiger partial charge in [-0.25, -0.2) is 4.99 Å². The Labute approximate surface area is 176 Å². The Kier molecular flexibility index (Phi) is 9.17. The van der Waals surface area contributed by atoms with Crippen LogP contribution in [0, 0.1) is 0 Å². The molecule has 2 rings (SSSR count). The van der Waals surface area contributed by atoms with E-state index in [2.05, 4.69) is 32.4 Å². The summed E-state index contributed by atoms with van der Waals surface area (Å²) >= 11 is 1.72. The summed E-state index contributed by atoms with van der Waals surface area (Å²) in [5.41, 5.74) is 1.70. The number of benzene rings is 1. The van der Waals surface area contributed by atoms with Crippen LogP contribution in [0.5, 0.6) is 0 Å². The van der Waals surface area contributed by atoms with E-state index in [0.29, 0.717) is 18.1 Å². The van der Waals surface area contributed by atoms with Gasteiger partial charge in [-0.05, 0) is 42.0 Å². The number of rotatable bonds is 9. The highest BCUT2D eigenvalue weighted by molar-refractivity contribution is 7.09. The van der Waals surface area contributed by atoms with Gasteiger partial charge in [-0.3, -0.25) is 9.59 Å². The molecule has 1 aromatic carbocycles. The monoisotopic (exact) mass is 415 g/mol. The minimum atomic E-state index is -0.0977. The molecule has 0 atom stereocenters. The van der Waals surface area contributed by atoms with Crippen LogP contribution in [-0.2, 0) is 17.6 Å². The van der Waals surface area contributed by atoms with Crippen LogP contribution < -0.4 is 16.0 Å². The van der Waals surface area contributed by atoms with Gasteiger partial charge in [0.05, 0.1) is 0 Å². The molecular formula is C21H29N5O2S. The maximum Gasteiger partial charge on any atom is 0.251 e. The van der Waals surface area contributed by atoms with Crippen LogP contribution in [0.25, 0.3) is 0 Å². The predicted octanol–water partition coefficient (Wildman–Crippen LogP) is 1.52. The molecule has 2 aromatic rings. The van der Waals surface area contributed by atoms with Gasteiger partial charge in [0.2, 0.25) is 5.91 Å². The lowest BCUT2D eigenvalue weighted by Gasteiger charge is -2.14. The zero-order valence-electron chi connectivity index (χ0n) is 17.2. The standard InChI is InChI=1S/C21H29N5O2S/c1-22-20(28)17-7-4-6-16(14-17)9-11-23-21(25-15-19(27)26(2)3)24-12-10-18-8-5-13-29-18/h4-8,13-14H,9-12,15H2,1-3H3,(H,22,28)(H2,23,24,25). The SMILES string of the molecule is CNC(=O)c1cccc(CCNC(=NCC(=O)N(C)C)NCCc2cccs2)c1. The van der Waals surface area contributed by atoms with Gasteiger partial charge < -0.3 is 20.9 Å². The molecule has 1 heterocycles. The summed E-state index contributed by atoms with van der Waals surface area (Å²) in [6.07, 6.45) is 1.63. The van der Waals surface area contributed by atoms with E-state index < -0.39 is 0 Å². The Balaban J connectivity index is 1.90. The molecule has 0 saturated carbocycles. The second-order valence-corrected chi connectivity index (χ2v) is 7.70. The van der Waals surface area contributed by atoms with Gasteiger partial charge in [0.25, 0.3) is 5.91 Å². The molecule has 0 aliphatic rings. The summed E-state index contributed by atoms with van der Waals surface area (Å²) < 4.78 is 0. The fourth-order valence-electron chi connectivity index (χ4n) is 2.56. The molecule has 156 valence electrons. The number of carbonyl (C=O) groups excluding carboxylic acids is 2. The lowest BCUT2D eigenvalue weighted by molar-refractivity contribution is -0.127. The summed E-state index contributed by atoms with van der Waals surface area (Å²) in [5.74, 6) is 0.460. The highest BCUT2D eigenvalue weighted by Crippen LogP contribution is 2.08.